The number of nitrogens with one attached hydrogen (secondary N) is 1. The van der Waals surface area contributed by atoms with Gasteiger partial charge in [0.1, 0.15) is 12.0 Å². The molecule has 172 valence electrons. The number of pyridine rings is 1. The maximum Gasteiger partial charge on any atom is 0.274 e. The van der Waals surface area contributed by atoms with Gasteiger partial charge in [-0.1, -0.05) is 23.9 Å². The van der Waals surface area contributed by atoms with E-state index in [4.69, 9.17) is 5.73 Å². The van der Waals surface area contributed by atoms with E-state index in [0.717, 1.165) is 5.56 Å². The minimum atomic E-state index is -0.529. The van der Waals surface area contributed by atoms with Crippen molar-refractivity contribution in [2.75, 3.05) is 11.9 Å². The molecule has 10 nitrogen and oxygen atoms in total. The fourth-order valence-corrected chi connectivity index (χ4v) is 4.51. The standard InChI is InChI=1S/C22H25N7O3S/c1-13-8-17(30)11-29(13)21(32)15-6-7-24-18(10-15)20(31)26-16-5-3-4-14(9-16)19(23)33-22-27-25-12-28(22)2/h3-7,9-10,12-13,17,19,30H,8,11,23H2,1-2H3,(H,26,31)/t13-,17-,19-/m1/s1. The molecule has 0 saturated carbocycles. The Labute approximate surface area is 195 Å². The first-order valence-corrected chi connectivity index (χ1v) is 11.3. The number of aromatic nitrogens is 4. The van der Waals surface area contributed by atoms with E-state index in [1.54, 1.807) is 40.1 Å². The average molecular weight is 468 g/mol. The number of likely N-dealkylation sites (tertiary alicyclic amines) is 1. The Kier molecular flexibility index (Phi) is 6.72. The number of aliphatic hydroxyl groups excluding tert-OH is 1. The quantitative estimate of drug-likeness (QED) is 0.368. The number of carbonyl (C=O) groups excluding carboxylic acids is 2. The van der Waals surface area contributed by atoms with E-state index in [-0.39, 0.29) is 24.2 Å². The lowest BCUT2D eigenvalue weighted by atomic mass is 10.1. The Bertz CT molecular complexity index is 1170. The van der Waals surface area contributed by atoms with Gasteiger partial charge in [0, 0.05) is 37.1 Å². The summed E-state index contributed by atoms with van der Waals surface area (Å²) in [4.78, 5) is 31.4. The number of aliphatic hydroxyl groups is 1. The molecule has 2 amide bonds. The van der Waals surface area contributed by atoms with Crippen molar-refractivity contribution in [1.29, 1.82) is 0 Å². The predicted octanol–water partition coefficient (Wildman–Crippen LogP) is 1.81. The van der Waals surface area contributed by atoms with Crippen molar-refractivity contribution in [3.05, 3.63) is 65.7 Å². The molecule has 3 atom stereocenters. The molecular weight excluding hydrogens is 442 g/mol. The first kappa shape index (κ1) is 22.9. The van der Waals surface area contributed by atoms with Crippen LogP contribution in [0.15, 0.2) is 54.1 Å². The van der Waals surface area contributed by atoms with Gasteiger partial charge in [-0.15, -0.1) is 10.2 Å². The first-order valence-electron chi connectivity index (χ1n) is 10.4. The van der Waals surface area contributed by atoms with Crippen LogP contribution in [0.1, 0.15) is 45.1 Å². The molecule has 0 aliphatic carbocycles. The van der Waals surface area contributed by atoms with E-state index >= 15 is 0 Å². The molecule has 3 aromatic rings. The predicted molar refractivity (Wildman–Crippen MR) is 124 cm³/mol. The number of hydrogen-bond donors (Lipinski definition) is 3. The third-order valence-electron chi connectivity index (χ3n) is 5.43. The molecule has 3 heterocycles. The number of benzene rings is 1. The maximum absolute atomic E-state index is 12.8. The van der Waals surface area contributed by atoms with Gasteiger partial charge in [-0.05, 0) is 43.2 Å². The zero-order valence-electron chi connectivity index (χ0n) is 18.3. The molecule has 0 bridgehead atoms. The van der Waals surface area contributed by atoms with E-state index in [1.165, 1.54) is 24.0 Å². The van der Waals surface area contributed by atoms with Crippen LogP contribution in [0.3, 0.4) is 0 Å². The van der Waals surface area contributed by atoms with Crippen molar-refractivity contribution >= 4 is 29.3 Å². The Balaban J connectivity index is 1.45. The van der Waals surface area contributed by atoms with Crippen LogP contribution in [0.25, 0.3) is 0 Å². The van der Waals surface area contributed by atoms with Gasteiger partial charge in [-0.3, -0.25) is 14.6 Å². The van der Waals surface area contributed by atoms with E-state index in [2.05, 4.69) is 20.5 Å². The largest absolute Gasteiger partial charge is 0.391 e. The lowest BCUT2D eigenvalue weighted by molar-refractivity contribution is 0.0726. The highest BCUT2D eigenvalue weighted by molar-refractivity contribution is 7.99. The Morgan fingerprint density at radius 1 is 1.30 bits per heavy atom. The van der Waals surface area contributed by atoms with Gasteiger partial charge in [-0.25, -0.2) is 0 Å². The van der Waals surface area contributed by atoms with E-state index in [9.17, 15) is 14.7 Å². The third kappa shape index (κ3) is 5.21. The lowest BCUT2D eigenvalue weighted by Crippen LogP contribution is -2.34. The molecule has 0 radical (unpaired) electrons. The molecule has 2 aromatic heterocycles. The smallest absolute Gasteiger partial charge is 0.274 e. The summed E-state index contributed by atoms with van der Waals surface area (Å²) in [7, 11) is 1.84. The minimum Gasteiger partial charge on any atom is -0.391 e. The number of aryl methyl sites for hydroxylation is 1. The first-order chi connectivity index (χ1) is 15.8. The summed E-state index contributed by atoms with van der Waals surface area (Å²) in [5.41, 5.74) is 8.13. The van der Waals surface area contributed by atoms with Crippen molar-refractivity contribution in [2.24, 2.45) is 12.8 Å². The molecule has 0 unspecified atom stereocenters. The van der Waals surface area contributed by atoms with Gasteiger partial charge in [0.25, 0.3) is 11.8 Å². The number of hydrogen-bond acceptors (Lipinski definition) is 8. The summed E-state index contributed by atoms with van der Waals surface area (Å²) in [6.45, 7) is 2.17. The summed E-state index contributed by atoms with van der Waals surface area (Å²) in [5.74, 6) is -0.671. The number of nitrogens with zero attached hydrogens (tertiary/aromatic N) is 5. The summed E-state index contributed by atoms with van der Waals surface area (Å²) in [5, 5.41) is 20.8. The van der Waals surface area contributed by atoms with Gasteiger partial charge >= 0.3 is 0 Å². The van der Waals surface area contributed by atoms with E-state index < -0.39 is 17.4 Å². The molecule has 0 spiro atoms. The Morgan fingerprint density at radius 2 is 2.12 bits per heavy atom. The number of anilines is 1. The number of nitrogens with two attached hydrogens (primary N) is 1. The Morgan fingerprint density at radius 3 is 2.82 bits per heavy atom. The van der Waals surface area contributed by atoms with Gasteiger partial charge < -0.3 is 25.6 Å². The number of rotatable bonds is 6. The van der Waals surface area contributed by atoms with E-state index in [0.29, 0.717) is 22.8 Å². The van der Waals surface area contributed by atoms with Gasteiger partial charge in [0.05, 0.1) is 11.5 Å². The van der Waals surface area contributed by atoms with Crippen LogP contribution in [-0.2, 0) is 7.05 Å². The second kappa shape index (κ2) is 9.69. The summed E-state index contributed by atoms with van der Waals surface area (Å²) in [6, 6.07) is 10.2. The van der Waals surface area contributed by atoms with Crippen LogP contribution in [0.4, 0.5) is 5.69 Å². The van der Waals surface area contributed by atoms with Crippen molar-refractivity contribution in [2.45, 2.75) is 36.0 Å². The van der Waals surface area contributed by atoms with Gasteiger partial charge in [-0.2, -0.15) is 0 Å². The van der Waals surface area contributed by atoms with Crippen LogP contribution in [0.5, 0.6) is 0 Å². The fourth-order valence-electron chi connectivity index (χ4n) is 3.69. The van der Waals surface area contributed by atoms with Crippen LogP contribution in [0.2, 0.25) is 0 Å². The lowest BCUT2D eigenvalue weighted by Gasteiger charge is -2.21. The van der Waals surface area contributed by atoms with Crippen LogP contribution < -0.4 is 11.1 Å². The van der Waals surface area contributed by atoms with Crippen LogP contribution in [-0.4, -0.2) is 60.3 Å². The zero-order chi connectivity index (χ0) is 23.5. The average Bonchev–Trinajstić information content (AvgIpc) is 3.37. The number of amides is 2. The fraction of sp³-hybridized carbons (Fsp3) is 0.318. The summed E-state index contributed by atoms with van der Waals surface area (Å²) < 4.78 is 1.78. The number of β-amino-alcohol motifs (C(OH)–C–C–N with tert-alkyl or cyclic N) is 1. The molecule has 1 aromatic carbocycles. The summed E-state index contributed by atoms with van der Waals surface area (Å²) >= 11 is 1.35. The SMILES string of the molecule is C[C@@H]1C[C@@H](O)CN1C(=O)c1ccnc(C(=O)Nc2cccc([C@H](N)Sc3nncn3C)c2)c1. The topological polar surface area (TPSA) is 139 Å². The molecule has 4 rings (SSSR count). The third-order valence-corrected chi connectivity index (χ3v) is 6.53. The molecule has 33 heavy (non-hydrogen) atoms. The monoisotopic (exact) mass is 467 g/mol. The molecule has 4 N–H and O–H groups in total. The Hall–Kier alpha value is -3.28. The minimum absolute atomic E-state index is 0.0655. The highest BCUT2D eigenvalue weighted by Crippen LogP contribution is 2.30. The second-order valence-corrected chi connectivity index (χ2v) is 9.08. The molecule has 11 heteroatoms. The molecular formula is C22H25N7O3S. The van der Waals surface area contributed by atoms with Crippen molar-refractivity contribution in [3.8, 4) is 0 Å². The normalized spacial score (nSPS) is 18.8. The summed E-state index contributed by atoms with van der Waals surface area (Å²) in [6.07, 6.45) is 3.05. The molecule has 1 saturated heterocycles. The van der Waals surface area contributed by atoms with Crippen LogP contribution in [0, 0.1) is 0 Å². The second-order valence-electron chi connectivity index (χ2n) is 7.97. The van der Waals surface area contributed by atoms with Crippen molar-refractivity contribution in [1.82, 2.24) is 24.6 Å². The zero-order valence-corrected chi connectivity index (χ0v) is 19.1. The van der Waals surface area contributed by atoms with Crippen LogP contribution >= 0.6 is 11.8 Å². The van der Waals surface area contributed by atoms with Crippen molar-refractivity contribution < 1.29 is 14.7 Å². The maximum atomic E-state index is 12.8. The highest BCUT2D eigenvalue weighted by atomic mass is 32.2. The number of thioether (sulfide) groups is 1. The number of carbonyl (C=O) groups is 2. The van der Waals surface area contributed by atoms with Gasteiger partial charge in [0.15, 0.2) is 5.16 Å². The molecule has 1 aliphatic heterocycles. The highest BCUT2D eigenvalue weighted by Gasteiger charge is 2.32. The van der Waals surface area contributed by atoms with Crippen molar-refractivity contribution in [3.63, 3.8) is 0 Å². The molecule has 1 aliphatic rings. The van der Waals surface area contributed by atoms with Gasteiger partial charge in [0.2, 0.25) is 0 Å². The molecule has 1 fully saturated rings. The van der Waals surface area contributed by atoms with E-state index in [1.807, 2.05) is 20.0 Å².